The van der Waals surface area contributed by atoms with Gasteiger partial charge in [-0.2, -0.15) is 22.8 Å². The second-order valence-electron chi connectivity index (χ2n) is 12.0. The Morgan fingerprint density at radius 3 is 2.17 bits per heavy atom. The number of benzene rings is 1. The highest BCUT2D eigenvalue weighted by molar-refractivity contribution is 6.02. The largest absolute Gasteiger partial charge is 0.490 e. The van der Waals surface area contributed by atoms with Crippen LogP contribution >= 0.6 is 0 Å². The monoisotopic (exact) mass is 737 g/mol. The van der Waals surface area contributed by atoms with Crippen LogP contribution in [0, 0.1) is 25.5 Å². The number of alkyl halides is 3. The number of carbonyl (C=O) groups excluding carboxylic acids is 3. The van der Waals surface area contributed by atoms with Crippen LogP contribution in [0.5, 0.6) is 5.88 Å². The summed E-state index contributed by atoms with van der Waals surface area (Å²) in [5, 5.41) is 17.1. The summed E-state index contributed by atoms with van der Waals surface area (Å²) in [5.41, 5.74) is 0.930. The number of nitrogens with one attached hydrogen (secondary N) is 2. The minimum Gasteiger partial charge on any atom is -0.475 e. The summed E-state index contributed by atoms with van der Waals surface area (Å²) >= 11 is 0. The molecule has 4 aromatic rings. The molecular formula is C34H36F5N5O8. The molecule has 0 bridgehead atoms. The van der Waals surface area contributed by atoms with Gasteiger partial charge in [0.2, 0.25) is 5.88 Å². The number of amides is 2. The van der Waals surface area contributed by atoms with E-state index in [1.807, 2.05) is 0 Å². The molecule has 0 radical (unpaired) electrons. The molecule has 18 heteroatoms. The Labute approximate surface area is 294 Å². The zero-order chi connectivity index (χ0) is 39.0. The van der Waals surface area contributed by atoms with Crippen molar-refractivity contribution >= 4 is 29.5 Å². The van der Waals surface area contributed by atoms with Gasteiger partial charge in [0.15, 0.2) is 0 Å². The molecule has 3 aromatic heterocycles. The van der Waals surface area contributed by atoms with E-state index >= 15 is 0 Å². The van der Waals surface area contributed by atoms with E-state index in [2.05, 4.69) is 20.7 Å². The number of aromatic nitrogens is 3. The van der Waals surface area contributed by atoms with Crippen LogP contribution in [0.2, 0.25) is 0 Å². The van der Waals surface area contributed by atoms with Gasteiger partial charge in [0.05, 0.1) is 40.7 Å². The molecule has 52 heavy (non-hydrogen) atoms. The SMILES string of the molecule is CCOC(=O)c1cccc(C(CNC(=O)OC(C)(C)C)NC(=O)c2c(C)nn3c(OCc4c(F)cccc4F)cc(C)cc23)n1.O=C(O)C(F)(F)F. The van der Waals surface area contributed by atoms with E-state index < -0.39 is 60.0 Å². The maximum atomic E-state index is 14.2. The minimum atomic E-state index is -5.08. The van der Waals surface area contributed by atoms with Gasteiger partial charge in [-0.3, -0.25) is 4.79 Å². The number of ether oxygens (including phenoxy) is 3. The quantitative estimate of drug-likeness (QED) is 0.129. The van der Waals surface area contributed by atoms with E-state index in [0.29, 0.717) is 16.8 Å². The van der Waals surface area contributed by atoms with Crippen LogP contribution < -0.4 is 15.4 Å². The van der Waals surface area contributed by atoms with E-state index in [-0.39, 0.29) is 41.5 Å². The summed E-state index contributed by atoms with van der Waals surface area (Å²) in [6.45, 7) is 9.86. The average Bonchev–Trinajstić information content (AvgIpc) is 3.37. The van der Waals surface area contributed by atoms with Crippen molar-refractivity contribution in [2.75, 3.05) is 13.2 Å². The molecule has 3 N–H and O–H groups in total. The van der Waals surface area contributed by atoms with E-state index in [9.17, 15) is 36.3 Å². The van der Waals surface area contributed by atoms with Crippen LogP contribution in [0.3, 0.4) is 0 Å². The fraction of sp³-hybridized carbons (Fsp3) is 0.353. The standard InChI is InChI=1S/C32H35F2N5O6.C2HF3O2/c1-7-43-30(41)24-13-9-12-23(36-24)25(16-35-31(42)45-32(4,5)6)37-29(40)28-19(3)38-39-26(28)14-18(2)15-27(39)44-17-20-21(33)10-8-11-22(20)34;3-2(4,5)1(6)7/h8-15,25H,7,16-17H2,1-6H3,(H,35,42)(H,37,40);(H,6,7). The summed E-state index contributed by atoms with van der Waals surface area (Å²) in [5.74, 6) is -5.28. The number of carboxylic acids is 1. The Bertz CT molecular complexity index is 1920. The van der Waals surface area contributed by atoms with Gasteiger partial charge in [-0.1, -0.05) is 12.1 Å². The lowest BCUT2D eigenvalue weighted by atomic mass is 10.1. The Kier molecular flexibility index (Phi) is 13.2. The van der Waals surface area contributed by atoms with Crippen LogP contribution in [-0.4, -0.2) is 68.6 Å². The molecule has 0 fully saturated rings. The molecule has 0 aliphatic heterocycles. The summed E-state index contributed by atoms with van der Waals surface area (Å²) in [6.07, 6.45) is -5.79. The molecule has 0 saturated carbocycles. The number of rotatable bonds is 10. The number of pyridine rings is 2. The Hall–Kier alpha value is -5.81. The topological polar surface area (TPSA) is 170 Å². The number of carbonyl (C=O) groups is 4. The van der Waals surface area contributed by atoms with Crippen LogP contribution in [0.15, 0.2) is 48.5 Å². The maximum absolute atomic E-state index is 14.2. The summed E-state index contributed by atoms with van der Waals surface area (Å²) < 4.78 is 77.7. The highest BCUT2D eigenvalue weighted by Crippen LogP contribution is 2.26. The number of hydrogen-bond acceptors (Lipinski definition) is 9. The second kappa shape index (κ2) is 16.9. The van der Waals surface area contributed by atoms with Gasteiger partial charge in [0.25, 0.3) is 5.91 Å². The number of aliphatic carboxylic acids is 1. The first-order valence-corrected chi connectivity index (χ1v) is 15.5. The molecule has 0 spiro atoms. The fourth-order valence-electron chi connectivity index (χ4n) is 4.48. The predicted octanol–water partition coefficient (Wildman–Crippen LogP) is 6.01. The molecule has 1 unspecified atom stereocenters. The van der Waals surface area contributed by atoms with E-state index in [1.165, 1.54) is 16.6 Å². The zero-order valence-electron chi connectivity index (χ0n) is 28.9. The first-order chi connectivity index (χ1) is 24.2. The van der Waals surface area contributed by atoms with Crippen molar-refractivity contribution in [2.24, 2.45) is 0 Å². The molecular weight excluding hydrogens is 701 g/mol. The van der Waals surface area contributed by atoms with Crippen LogP contribution in [0.1, 0.15) is 77.1 Å². The Morgan fingerprint density at radius 1 is 0.981 bits per heavy atom. The van der Waals surface area contributed by atoms with Gasteiger partial charge >= 0.3 is 24.2 Å². The predicted molar refractivity (Wildman–Crippen MR) is 174 cm³/mol. The number of fused-ring (bicyclic) bond motifs is 1. The first kappa shape index (κ1) is 40.6. The second-order valence-corrected chi connectivity index (χ2v) is 12.0. The van der Waals surface area contributed by atoms with Crippen molar-refractivity contribution in [1.29, 1.82) is 0 Å². The molecule has 3 heterocycles. The summed E-state index contributed by atoms with van der Waals surface area (Å²) in [7, 11) is 0. The molecule has 0 saturated heterocycles. The molecule has 0 aliphatic rings. The van der Waals surface area contributed by atoms with E-state index in [1.54, 1.807) is 65.8 Å². The Morgan fingerprint density at radius 2 is 1.60 bits per heavy atom. The van der Waals surface area contributed by atoms with Gasteiger partial charge in [0.1, 0.15) is 29.5 Å². The number of alkyl carbamates (subject to hydrolysis) is 1. The lowest BCUT2D eigenvalue weighted by molar-refractivity contribution is -0.192. The van der Waals surface area contributed by atoms with E-state index in [0.717, 1.165) is 12.1 Å². The normalized spacial score (nSPS) is 11.9. The molecule has 0 aliphatic carbocycles. The van der Waals surface area contributed by atoms with Crippen molar-refractivity contribution in [3.63, 3.8) is 0 Å². The zero-order valence-corrected chi connectivity index (χ0v) is 28.9. The van der Waals surface area contributed by atoms with Gasteiger partial charge in [-0.25, -0.2) is 28.1 Å². The molecule has 2 amide bonds. The third-order valence-corrected chi connectivity index (χ3v) is 6.68. The lowest BCUT2D eigenvalue weighted by Crippen LogP contribution is -2.40. The first-order valence-electron chi connectivity index (χ1n) is 15.5. The van der Waals surface area contributed by atoms with Crippen molar-refractivity contribution < 1.29 is 60.4 Å². The fourth-order valence-corrected chi connectivity index (χ4v) is 4.48. The molecule has 1 aromatic carbocycles. The average molecular weight is 738 g/mol. The van der Waals surface area contributed by atoms with Crippen molar-refractivity contribution in [3.8, 4) is 5.88 Å². The van der Waals surface area contributed by atoms with Gasteiger partial charge in [-0.05, 0) is 77.4 Å². The van der Waals surface area contributed by atoms with Crippen LogP contribution in [0.4, 0.5) is 26.7 Å². The lowest BCUT2D eigenvalue weighted by Gasteiger charge is -2.23. The molecule has 13 nitrogen and oxygen atoms in total. The summed E-state index contributed by atoms with van der Waals surface area (Å²) in [4.78, 5) is 51.9. The summed E-state index contributed by atoms with van der Waals surface area (Å²) in [6, 6.07) is 10.7. The minimum absolute atomic E-state index is 0.0294. The number of nitrogens with zero attached hydrogens (tertiary/aromatic N) is 3. The molecule has 280 valence electrons. The number of halogens is 5. The maximum Gasteiger partial charge on any atom is 0.490 e. The third kappa shape index (κ3) is 11.1. The number of hydrogen-bond donors (Lipinski definition) is 3. The molecule has 1 atom stereocenters. The van der Waals surface area contributed by atoms with Crippen molar-refractivity contribution in [1.82, 2.24) is 25.2 Å². The van der Waals surface area contributed by atoms with Crippen LogP contribution in [-0.2, 0) is 20.9 Å². The third-order valence-electron chi connectivity index (χ3n) is 6.68. The van der Waals surface area contributed by atoms with Crippen molar-refractivity contribution in [3.05, 3.63) is 93.9 Å². The smallest absolute Gasteiger partial charge is 0.475 e. The van der Waals surface area contributed by atoms with Crippen molar-refractivity contribution in [2.45, 2.75) is 66.0 Å². The van der Waals surface area contributed by atoms with Gasteiger partial charge < -0.3 is 30.0 Å². The highest BCUT2D eigenvalue weighted by Gasteiger charge is 2.38. The number of carboxylic acid groups (broad SMARTS) is 1. The van der Waals surface area contributed by atoms with Crippen LogP contribution in [0.25, 0.3) is 5.52 Å². The number of aryl methyl sites for hydroxylation is 2. The van der Waals surface area contributed by atoms with Gasteiger partial charge in [0, 0.05) is 12.6 Å². The highest BCUT2D eigenvalue weighted by atomic mass is 19.4. The Balaban J connectivity index is 0.000000944. The van der Waals surface area contributed by atoms with E-state index in [4.69, 9.17) is 24.1 Å². The van der Waals surface area contributed by atoms with Gasteiger partial charge in [-0.15, -0.1) is 0 Å². The number of esters is 1. The molecule has 4 rings (SSSR count).